The molecule has 1 aliphatic rings. The monoisotopic (exact) mass is 260 g/mol. The molecule has 1 aliphatic heterocycles. The number of urea groups is 1. The number of carboxylic acid groups (broad SMARTS) is 1. The number of hydrogen-bond donors (Lipinski definition) is 3. The molecule has 18 heavy (non-hydrogen) atoms. The summed E-state index contributed by atoms with van der Waals surface area (Å²) in [4.78, 5) is 24.2. The maximum atomic E-state index is 11.9. The average molecular weight is 260 g/mol. The van der Waals surface area contributed by atoms with Crippen LogP contribution in [0, 0.1) is 0 Å². The van der Waals surface area contributed by atoms with Crippen LogP contribution in [0.1, 0.15) is 19.3 Å². The second-order valence-corrected chi connectivity index (χ2v) is 4.31. The van der Waals surface area contributed by atoms with Crippen LogP contribution >= 0.6 is 0 Å². The Morgan fingerprint density at radius 2 is 2.06 bits per heavy atom. The van der Waals surface area contributed by atoms with Crippen molar-refractivity contribution in [1.29, 1.82) is 0 Å². The Bertz CT molecular complexity index is 291. The van der Waals surface area contributed by atoms with Gasteiger partial charge in [0.15, 0.2) is 0 Å². The smallest absolute Gasteiger partial charge is 0.326 e. The number of ether oxygens (including phenoxy) is 1. The van der Waals surface area contributed by atoms with Crippen molar-refractivity contribution in [2.75, 3.05) is 26.9 Å². The molecular formula is C11H20N2O5. The molecule has 1 heterocycles. The van der Waals surface area contributed by atoms with Crippen LogP contribution in [0.15, 0.2) is 0 Å². The quantitative estimate of drug-likeness (QED) is 0.627. The Hall–Kier alpha value is -1.34. The van der Waals surface area contributed by atoms with Gasteiger partial charge in [-0.2, -0.15) is 0 Å². The number of aliphatic hydroxyl groups excluding tert-OH is 1. The van der Waals surface area contributed by atoms with Gasteiger partial charge < -0.3 is 25.2 Å². The minimum Gasteiger partial charge on any atom is -0.480 e. The standard InChI is InChI=1S/C11H20N2O5/c1-13(8-3-6-18-7-4-8)11(17)12-9(2-5-14)10(15)16/h8-9,14H,2-7H2,1H3,(H,12,17)(H,15,16). The molecule has 1 rings (SSSR count). The number of nitrogens with one attached hydrogen (secondary N) is 1. The fourth-order valence-corrected chi connectivity index (χ4v) is 1.88. The summed E-state index contributed by atoms with van der Waals surface area (Å²) >= 11 is 0. The van der Waals surface area contributed by atoms with E-state index in [-0.39, 0.29) is 19.1 Å². The molecular weight excluding hydrogens is 240 g/mol. The predicted molar refractivity (Wildman–Crippen MR) is 63.3 cm³/mol. The SMILES string of the molecule is CN(C(=O)NC(CCO)C(=O)O)C1CCOCC1. The van der Waals surface area contributed by atoms with Gasteiger partial charge in [0.1, 0.15) is 6.04 Å². The second kappa shape index (κ2) is 7.17. The molecule has 1 fully saturated rings. The van der Waals surface area contributed by atoms with Crippen LogP contribution in [0.3, 0.4) is 0 Å². The number of rotatable bonds is 5. The van der Waals surface area contributed by atoms with Gasteiger partial charge in [-0.25, -0.2) is 9.59 Å². The van der Waals surface area contributed by atoms with Crippen molar-refractivity contribution in [3.8, 4) is 0 Å². The Morgan fingerprint density at radius 1 is 1.44 bits per heavy atom. The molecule has 2 amide bonds. The van der Waals surface area contributed by atoms with E-state index in [0.717, 1.165) is 12.8 Å². The molecule has 0 aromatic heterocycles. The molecule has 1 atom stereocenters. The van der Waals surface area contributed by atoms with Crippen molar-refractivity contribution >= 4 is 12.0 Å². The van der Waals surface area contributed by atoms with Crippen LogP contribution < -0.4 is 5.32 Å². The van der Waals surface area contributed by atoms with Gasteiger partial charge in [0.2, 0.25) is 0 Å². The Morgan fingerprint density at radius 3 is 2.56 bits per heavy atom. The first-order valence-electron chi connectivity index (χ1n) is 6.01. The lowest BCUT2D eigenvalue weighted by molar-refractivity contribution is -0.139. The van der Waals surface area contributed by atoms with Gasteiger partial charge in [0, 0.05) is 39.3 Å². The molecule has 3 N–H and O–H groups in total. The molecule has 1 saturated heterocycles. The van der Waals surface area contributed by atoms with Gasteiger partial charge in [0.05, 0.1) is 0 Å². The number of aliphatic carboxylic acids is 1. The molecule has 0 aromatic carbocycles. The van der Waals surface area contributed by atoms with Gasteiger partial charge >= 0.3 is 12.0 Å². The summed E-state index contributed by atoms with van der Waals surface area (Å²) < 4.78 is 5.20. The highest BCUT2D eigenvalue weighted by Gasteiger charge is 2.26. The first-order valence-corrected chi connectivity index (χ1v) is 6.01. The van der Waals surface area contributed by atoms with Gasteiger partial charge in [-0.3, -0.25) is 0 Å². The average Bonchev–Trinajstić information content (AvgIpc) is 2.38. The summed E-state index contributed by atoms with van der Waals surface area (Å²) in [5, 5.41) is 20.0. The predicted octanol–water partition coefficient (Wildman–Crippen LogP) is -0.358. The highest BCUT2D eigenvalue weighted by Crippen LogP contribution is 2.12. The van der Waals surface area contributed by atoms with Crippen molar-refractivity contribution in [3.63, 3.8) is 0 Å². The molecule has 104 valence electrons. The third-order valence-corrected chi connectivity index (χ3v) is 3.07. The lowest BCUT2D eigenvalue weighted by Gasteiger charge is -2.32. The summed E-state index contributed by atoms with van der Waals surface area (Å²) in [6.07, 6.45) is 1.51. The molecule has 7 nitrogen and oxygen atoms in total. The van der Waals surface area contributed by atoms with E-state index >= 15 is 0 Å². The van der Waals surface area contributed by atoms with E-state index in [1.165, 1.54) is 4.90 Å². The third kappa shape index (κ3) is 4.15. The topological polar surface area (TPSA) is 99.1 Å². The highest BCUT2D eigenvalue weighted by molar-refractivity contribution is 5.82. The van der Waals surface area contributed by atoms with E-state index in [4.69, 9.17) is 14.9 Å². The molecule has 0 aliphatic carbocycles. The molecule has 0 bridgehead atoms. The summed E-state index contributed by atoms with van der Waals surface area (Å²) in [6, 6.07) is -1.41. The van der Waals surface area contributed by atoms with Gasteiger partial charge in [-0.1, -0.05) is 0 Å². The Labute approximate surface area is 106 Å². The van der Waals surface area contributed by atoms with Crippen molar-refractivity contribution < 1.29 is 24.5 Å². The minimum atomic E-state index is -1.14. The first kappa shape index (κ1) is 14.7. The number of carbonyl (C=O) groups excluding carboxylic acids is 1. The number of amides is 2. The molecule has 0 aromatic rings. The first-order chi connectivity index (χ1) is 8.56. The van der Waals surface area contributed by atoms with E-state index in [2.05, 4.69) is 5.32 Å². The Balaban J connectivity index is 2.48. The zero-order chi connectivity index (χ0) is 13.5. The minimum absolute atomic E-state index is 0.00267. The van der Waals surface area contributed by atoms with Crippen molar-refractivity contribution in [3.05, 3.63) is 0 Å². The van der Waals surface area contributed by atoms with Gasteiger partial charge in [-0.15, -0.1) is 0 Å². The second-order valence-electron chi connectivity index (χ2n) is 4.31. The van der Waals surface area contributed by atoms with Crippen molar-refractivity contribution in [2.45, 2.75) is 31.3 Å². The van der Waals surface area contributed by atoms with E-state index in [1.54, 1.807) is 7.05 Å². The zero-order valence-electron chi connectivity index (χ0n) is 10.5. The van der Waals surface area contributed by atoms with Gasteiger partial charge in [-0.05, 0) is 12.8 Å². The highest BCUT2D eigenvalue weighted by atomic mass is 16.5. The fourth-order valence-electron chi connectivity index (χ4n) is 1.88. The van der Waals surface area contributed by atoms with E-state index in [0.29, 0.717) is 13.2 Å². The van der Waals surface area contributed by atoms with Crippen molar-refractivity contribution in [1.82, 2.24) is 10.2 Å². The lowest BCUT2D eigenvalue weighted by atomic mass is 10.1. The largest absolute Gasteiger partial charge is 0.480 e. The lowest BCUT2D eigenvalue weighted by Crippen LogP contribution is -2.51. The molecule has 0 spiro atoms. The summed E-state index contributed by atoms with van der Waals surface area (Å²) in [7, 11) is 1.64. The van der Waals surface area contributed by atoms with E-state index in [1.807, 2.05) is 0 Å². The molecule has 0 saturated carbocycles. The number of carbonyl (C=O) groups is 2. The van der Waals surface area contributed by atoms with Crippen LogP contribution in [0.2, 0.25) is 0 Å². The number of nitrogens with zero attached hydrogens (tertiary/aromatic N) is 1. The van der Waals surface area contributed by atoms with Crippen LogP contribution in [0.4, 0.5) is 4.79 Å². The summed E-state index contributed by atoms with van der Waals surface area (Å²) in [5.74, 6) is -1.14. The molecule has 1 unspecified atom stereocenters. The number of carboxylic acids is 1. The maximum absolute atomic E-state index is 11.9. The van der Waals surface area contributed by atoms with E-state index < -0.39 is 18.0 Å². The van der Waals surface area contributed by atoms with Crippen LogP contribution in [0.5, 0.6) is 0 Å². The Kier molecular flexibility index (Phi) is 5.87. The summed E-state index contributed by atoms with van der Waals surface area (Å²) in [5.41, 5.74) is 0. The number of hydrogen-bond acceptors (Lipinski definition) is 4. The molecule has 0 radical (unpaired) electrons. The maximum Gasteiger partial charge on any atom is 0.326 e. The van der Waals surface area contributed by atoms with Crippen LogP contribution in [-0.4, -0.2) is 66.1 Å². The summed E-state index contributed by atoms with van der Waals surface area (Å²) in [6.45, 7) is 0.945. The number of aliphatic hydroxyl groups is 1. The zero-order valence-corrected chi connectivity index (χ0v) is 10.5. The van der Waals surface area contributed by atoms with Crippen LogP contribution in [0.25, 0.3) is 0 Å². The molecule has 7 heteroatoms. The van der Waals surface area contributed by atoms with E-state index in [9.17, 15) is 9.59 Å². The fraction of sp³-hybridized carbons (Fsp3) is 0.818. The van der Waals surface area contributed by atoms with Gasteiger partial charge in [0.25, 0.3) is 0 Å². The van der Waals surface area contributed by atoms with Crippen molar-refractivity contribution in [2.24, 2.45) is 0 Å². The third-order valence-electron chi connectivity index (χ3n) is 3.07. The van der Waals surface area contributed by atoms with Crippen LogP contribution in [-0.2, 0) is 9.53 Å². The normalized spacial score (nSPS) is 18.1.